The van der Waals surface area contributed by atoms with Crippen molar-refractivity contribution in [3.8, 4) is 22.6 Å². The summed E-state index contributed by atoms with van der Waals surface area (Å²) < 4.78 is 21.2. The third-order valence-corrected chi connectivity index (χ3v) is 6.91. The number of nitrogens with zero attached hydrogens (tertiary/aromatic N) is 4. The summed E-state index contributed by atoms with van der Waals surface area (Å²) in [5, 5.41) is 6.98. The highest BCUT2D eigenvalue weighted by atomic mass is 35.5. The third kappa shape index (κ3) is 6.09. The lowest BCUT2D eigenvalue weighted by Crippen LogP contribution is -2.43. The zero-order chi connectivity index (χ0) is 28.3. The van der Waals surface area contributed by atoms with Crippen LogP contribution in [0.3, 0.4) is 0 Å². The highest BCUT2D eigenvalue weighted by Gasteiger charge is 2.17. The second-order valence-corrected chi connectivity index (χ2v) is 9.77. The molecule has 42 heavy (non-hydrogen) atoms. The van der Waals surface area contributed by atoms with Gasteiger partial charge in [-0.25, -0.2) is 9.37 Å². The van der Waals surface area contributed by atoms with Gasteiger partial charge in [-0.05, 0) is 54.1 Å². The fourth-order valence-corrected chi connectivity index (χ4v) is 4.80. The molecule has 0 spiro atoms. The van der Waals surface area contributed by atoms with Crippen LogP contribution in [0.2, 0.25) is 0 Å². The number of hydrogen-bond donors (Lipinski definition) is 2. The quantitative estimate of drug-likeness (QED) is 0.288. The molecule has 1 fully saturated rings. The molecule has 1 saturated heterocycles. The summed E-state index contributed by atoms with van der Waals surface area (Å²) in [6.45, 7) is 3.58. The lowest BCUT2D eigenvalue weighted by molar-refractivity contribution is 0.102. The molecule has 1 amide bonds. The number of halogens is 2. The first-order chi connectivity index (χ1) is 19.9. The average Bonchev–Trinajstić information content (AvgIpc) is 3.00. The topological polar surface area (TPSA) is 101 Å². The summed E-state index contributed by atoms with van der Waals surface area (Å²) in [5.74, 6) is 1.15. The van der Waals surface area contributed by atoms with Crippen molar-refractivity contribution in [2.24, 2.45) is 7.05 Å². The van der Waals surface area contributed by atoms with E-state index in [1.54, 1.807) is 54.5 Å². The van der Waals surface area contributed by atoms with Gasteiger partial charge < -0.3 is 24.8 Å². The summed E-state index contributed by atoms with van der Waals surface area (Å²) in [7, 11) is 1.72. The minimum absolute atomic E-state index is 0. The Morgan fingerprint density at radius 1 is 1.00 bits per heavy atom. The zero-order valence-electron chi connectivity index (χ0n) is 22.7. The number of nitrogens with one attached hydrogen (secondary N) is 2. The second kappa shape index (κ2) is 12.4. The van der Waals surface area contributed by atoms with Crippen molar-refractivity contribution in [1.29, 1.82) is 0 Å². The van der Waals surface area contributed by atoms with Crippen LogP contribution in [0.5, 0.6) is 11.5 Å². The number of benzene rings is 2. The van der Waals surface area contributed by atoms with Crippen LogP contribution < -0.4 is 25.7 Å². The first-order valence-corrected chi connectivity index (χ1v) is 13.2. The Balaban J connectivity index is 0.00000353. The number of ether oxygens (including phenoxy) is 1. The van der Waals surface area contributed by atoms with Crippen molar-refractivity contribution in [3.05, 3.63) is 107 Å². The van der Waals surface area contributed by atoms with Gasteiger partial charge in [-0.2, -0.15) is 0 Å². The lowest BCUT2D eigenvalue weighted by Gasteiger charge is -2.28. The number of carbonyl (C=O) groups is 1. The minimum Gasteiger partial charge on any atom is -0.457 e. The minimum atomic E-state index is -0.545. The number of rotatable bonds is 6. The molecule has 214 valence electrons. The van der Waals surface area contributed by atoms with Crippen LogP contribution in [0.4, 0.5) is 15.9 Å². The number of aryl methyl sites for hydroxylation is 1. The number of fused-ring (bicyclic) bond motifs is 1. The highest BCUT2D eigenvalue weighted by Crippen LogP contribution is 2.31. The maximum Gasteiger partial charge on any atom is 0.261 e. The van der Waals surface area contributed by atoms with Crippen molar-refractivity contribution >= 4 is 40.7 Å². The van der Waals surface area contributed by atoms with Gasteiger partial charge in [0.25, 0.3) is 5.91 Å². The van der Waals surface area contributed by atoms with E-state index in [1.807, 2.05) is 12.1 Å². The van der Waals surface area contributed by atoms with Crippen LogP contribution in [-0.4, -0.2) is 46.6 Å². The standard InChI is InChI=1S/C31H27FN6O3.ClH/c1-37-18-25(20-2-4-21(32)5-3-20)30(39)26(19-37)31(40)36-22-6-8-23(9-7-22)41-28-10-11-34-27-17-35-29(16-24(27)28)38-14-12-33-13-15-38;/h2-11,16-19,33H,12-15H2,1H3,(H,36,40);1H. The monoisotopic (exact) mass is 586 g/mol. The Morgan fingerprint density at radius 2 is 1.74 bits per heavy atom. The van der Waals surface area contributed by atoms with Gasteiger partial charge in [0.1, 0.15) is 28.7 Å². The number of aromatic nitrogens is 3. The van der Waals surface area contributed by atoms with Crippen LogP contribution in [0, 0.1) is 5.82 Å². The van der Waals surface area contributed by atoms with E-state index < -0.39 is 17.2 Å². The van der Waals surface area contributed by atoms with Gasteiger partial charge in [0.05, 0.1) is 11.7 Å². The summed E-state index contributed by atoms with van der Waals surface area (Å²) in [6, 6.07) is 16.3. The number of amides is 1. The average molecular weight is 587 g/mol. The fourth-order valence-electron chi connectivity index (χ4n) is 4.80. The van der Waals surface area contributed by atoms with Crippen molar-refractivity contribution in [2.45, 2.75) is 0 Å². The van der Waals surface area contributed by atoms with Crippen molar-refractivity contribution in [3.63, 3.8) is 0 Å². The van der Waals surface area contributed by atoms with Gasteiger partial charge in [-0.3, -0.25) is 14.6 Å². The molecule has 2 N–H and O–H groups in total. The van der Waals surface area contributed by atoms with Gasteiger partial charge in [-0.15, -0.1) is 12.4 Å². The lowest BCUT2D eigenvalue weighted by atomic mass is 10.0. The molecule has 2 aromatic carbocycles. The van der Waals surface area contributed by atoms with Gasteiger partial charge in [-0.1, -0.05) is 12.1 Å². The number of anilines is 2. The molecule has 0 bridgehead atoms. The smallest absolute Gasteiger partial charge is 0.261 e. The molecule has 0 radical (unpaired) electrons. The van der Waals surface area contributed by atoms with Crippen molar-refractivity contribution < 1.29 is 13.9 Å². The molecule has 1 aliphatic heterocycles. The van der Waals surface area contributed by atoms with E-state index in [-0.39, 0.29) is 18.0 Å². The van der Waals surface area contributed by atoms with Gasteiger partial charge in [0.2, 0.25) is 5.43 Å². The largest absolute Gasteiger partial charge is 0.457 e. The molecular weight excluding hydrogens is 559 g/mol. The summed E-state index contributed by atoms with van der Waals surface area (Å²) in [6.07, 6.45) is 6.52. The van der Waals surface area contributed by atoms with E-state index in [0.29, 0.717) is 28.3 Å². The van der Waals surface area contributed by atoms with Gasteiger partial charge in [0.15, 0.2) is 0 Å². The molecule has 0 unspecified atom stereocenters. The van der Waals surface area contributed by atoms with Crippen molar-refractivity contribution in [1.82, 2.24) is 19.9 Å². The Bertz CT molecular complexity index is 1790. The summed E-state index contributed by atoms with van der Waals surface area (Å²) >= 11 is 0. The van der Waals surface area contributed by atoms with Crippen LogP contribution in [0.25, 0.3) is 22.0 Å². The molecule has 6 rings (SSSR count). The molecule has 9 nitrogen and oxygen atoms in total. The Kier molecular flexibility index (Phi) is 8.46. The van der Waals surface area contributed by atoms with E-state index in [1.165, 1.54) is 30.5 Å². The molecule has 4 heterocycles. The molecule has 0 atom stereocenters. The molecule has 0 aliphatic carbocycles. The predicted molar refractivity (Wildman–Crippen MR) is 163 cm³/mol. The van der Waals surface area contributed by atoms with Crippen LogP contribution >= 0.6 is 12.4 Å². The van der Waals surface area contributed by atoms with E-state index in [2.05, 4.69) is 25.5 Å². The second-order valence-electron chi connectivity index (χ2n) is 9.77. The molecule has 11 heteroatoms. The SMILES string of the molecule is Cl.Cn1cc(C(=O)Nc2ccc(Oc3ccnc4cnc(N5CCNCC5)cc34)cc2)c(=O)c(-c2ccc(F)cc2)c1. The normalized spacial score (nSPS) is 13.0. The number of piperazine rings is 1. The first-order valence-electron chi connectivity index (χ1n) is 13.2. The van der Waals surface area contributed by atoms with Crippen LogP contribution in [0.15, 0.2) is 90.2 Å². The Hall–Kier alpha value is -4.80. The van der Waals surface area contributed by atoms with E-state index in [9.17, 15) is 14.0 Å². The number of pyridine rings is 3. The summed E-state index contributed by atoms with van der Waals surface area (Å²) in [4.78, 5) is 37.4. The summed E-state index contributed by atoms with van der Waals surface area (Å²) in [5.41, 5.74) is 1.61. The van der Waals surface area contributed by atoms with Gasteiger partial charge >= 0.3 is 0 Å². The van der Waals surface area contributed by atoms with Gasteiger partial charge in [0, 0.05) is 68.5 Å². The van der Waals surface area contributed by atoms with Crippen molar-refractivity contribution in [2.75, 3.05) is 36.4 Å². The Morgan fingerprint density at radius 3 is 2.48 bits per heavy atom. The first kappa shape index (κ1) is 28.7. The number of hydrogen-bond acceptors (Lipinski definition) is 7. The van der Waals surface area contributed by atoms with Crippen LogP contribution in [-0.2, 0) is 7.05 Å². The molecule has 0 saturated carbocycles. The Labute approximate surface area is 247 Å². The molecular formula is C31H28ClFN6O3. The van der Waals surface area contributed by atoms with E-state index >= 15 is 0 Å². The van der Waals surface area contributed by atoms with E-state index in [0.717, 1.165) is 42.9 Å². The number of carbonyl (C=O) groups excluding carboxylic acids is 1. The third-order valence-electron chi connectivity index (χ3n) is 6.91. The highest BCUT2D eigenvalue weighted by molar-refractivity contribution is 6.04. The predicted octanol–water partition coefficient (Wildman–Crippen LogP) is 5.01. The molecule has 3 aromatic heterocycles. The van der Waals surface area contributed by atoms with Crippen LogP contribution in [0.1, 0.15) is 10.4 Å². The maximum absolute atomic E-state index is 13.4. The molecule has 5 aromatic rings. The molecule has 1 aliphatic rings. The zero-order valence-corrected chi connectivity index (χ0v) is 23.5. The fraction of sp³-hybridized carbons (Fsp3) is 0.161. The van der Waals surface area contributed by atoms with E-state index in [4.69, 9.17) is 4.74 Å². The maximum atomic E-state index is 13.4.